The number of hydrogen-bond donors (Lipinski definition) is 0. The van der Waals surface area contributed by atoms with Gasteiger partial charge in [0.1, 0.15) is 0 Å². The second-order valence-corrected chi connectivity index (χ2v) is 36.1. The molecule has 472 valence electrons. The lowest BCUT2D eigenvalue weighted by Crippen LogP contribution is -2.51. The largest absolute Gasteiger partial charge is 0.0816 e. The smallest absolute Gasteiger partial charge is 0.0179 e. The first-order valence-corrected chi connectivity index (χ1v) is 41.1. The third kappa shape index (κ3) is 11.6. The van der Waals surface area contributed by atoms with E-state index < -0.39 is 0 Å². The van der Waals surface area contributed by atoms with Crippen LogP contribution in [0.4, 0.5) is 0 Å². The molecule has 15 saturated carbocycles. The minimum absolute atomic E-state index is 0.692. The van der Waals surface area contributed by atoms with Crippen LogP contribution in [0.3, 0.4) is 0 Å². The van der Waals surface area contributed by atoms with Crippen molar-refractivity contribution in [3.05, 3.63) is 23.3 Å². The highest BCUT2D eigenvalue weighted by Gasteiger charge is 2.68. The first-order chi connectivity index (χ1) is 41.6. The van der Waals surface area contributed by atoms with Gasteiger partial charge in [-0.2, -0.15) is 0 Å². The van der Waals surface area contributed by atoms with Crippen molar-refractivity contribution >= 4 is 0 Å². The van der Waals surface area contributed by atoms with E-state index in [1.807, 2.05) is 0 Å². The van der Waals surface area contributed by atoms with Crippen LogP contribution in [0.1, 0.15) is 360 Å². The fourth-order valence-electron chi connectivity index (χ4n) is 30.1. The van der Waals surface area contributed by atoms with Crippen molar-refractivity contribution in [1.82, 2.24) is 0 Å². The summed E-state index contributed by atoms with van der Waals surface area (Å²) in [6, 6.07) is 0. The highest BCUT2D eigenvalue weighted by atomic mass is 14.7. The molecule has 0 saturated heterocycles. The van der Waals surface area contributed by atoms with E-state index in [9.17, 15) is 0 Å². The molecule has 15 aliphatic rings. The van der Waals surface area contributed by atoms with E-state index in [-0.39, 0.29) is 0 Å². The third-order valence-electron chi connectivity index (χ3n) is 33.0. The summed E-state index contributed by atoms with van der Waals surface area (Å²) in [7, 11) is 0. The Hall–Kier alpha value is -0.520. The molecule has 0 amide bonds. The first-order valence-electron chi connectivity index (χ1n) is 41.1. The van der Waals surface area contributed by atoms with Gasteiger partial charge >= 0.3 is 0 Å². The fourth-order valence-corrected chi connectivity index (χ4v) is 30.1. The monoisotopic (exact) mass is 1150 g/mol. The lowest BCUT2D eigenvalue weighted by atomic mass is 9.47. The van der Waals surface area contributed by atoms with Crippen LogP contribution in [0.25, 0.3) is 0 Å². The Balaban J connectivity index is 0.676. The molecule has 0 aromatic heterocycles. The van der Waals surface area contributed by atoms with E-state index in [1.165, 1.54) is 128 Å². The van der Waals surface area contributed by atoms with E-state index in [1.54, 1.807) is 231 Å². The summed E-state index contributed by atoms with van der Waals surface area (Å²) in [5.41, 5.74) is 5.53. The Kier molecular flexibility index (Phi) is 19.5. The van der Waals surface area contributed by atoms with Crippen LogP contribution in [-0.4, -0.2) is 0 Å². The van der Waals surface area contributed by atoms with Crippen molar-refractivity contribution in [3.63, 3.8) is 0 Å². The van der Waals surface area contributed by atoms with Crippen LogP contribution in [-0.2, 0) is 0 Å². The Morgan fingerprint density at radius 2 is 0.429 bits per heavy atom. The molecular formula is C84H136. The van der Waals surface area contributed by atoms with Gasteiger partial charge in [-0.15, -0.1) is 0 Å². The molecule has 12 unspecified atom stereocenters. The summed E-state index contributed by atoms with van der Waals surface area (Å²) >= 11 is 0. The second-order valence-electron chi connectivity index (χ2n) is 36.1. The lowest BCUT2D eigenvalue weighted by Gasteiger charge is -2.58. The van der Waals surface area contributed by atoms with Gasteiger partial charge < -0.3 is 0 Å². The molecule has 15 fully saturated rings. The quantitative estimate of drug-likeness (QED) is 0.171. The number of fused-ring (bicyclic) bond motifs is 6. The molecule has 15 aliphatic carbocycles. The Bertz CT molecular complexity index is 1870. The Labute approximate surface area is 521 Å². The van der Waals surface area contributed by atoms with Gasteiger partial charge in [-0.05, 0) is 346 Å². The van der Waals surface area contributed by atoms with Crippen LogP contribution in [0.5, 0.6) is 0 Å². The van der Waals surface area contributed by atoms with Gasteiger partial charge in [0.05, 0.1) is 0 Å². The third-order valence-corrected chi connectivity index (χ3v) is 33.0. The minimum atomic E-state index is 0.692. The molecule has 0 aliphatic heterocycles. The van der Waals surface area contributed by atoms with Crippen LogP contribution in [0.15, 0.2) is 23.3 Å². The molecular weight excluding hydrogens is 1010 g/mol. The van der Waals surface area contributed by atoms with E-state index in [2.05, 4.69) is 23.3 Å². The summed E-state index contributed by atoms with van der Waals surface area (Å²) in [6.45, 7) is 0. The molecule has 0 N–H and O–H groups in total. The van der Waals surface area contributed by atoms with Crippen molar-refractivity contribution < 1.29 is 0 Å². The minimum Gasteiger partial charge on any atom is -0.0816 e. The van der Waals surface area contributed by atoms with Crippen molar-refractivity contribution in [2.75, 3.05) is 0 Å². The van der Waals surface area contributed by atoms with Crippen molar-refractivity contribution in [2.24, 2.45) is 141 Å². The predicted octanol–water partition coefficient (Wildman–Crippen LogP) is 25.4. The molecule has 0 radical (unpaired) electrons. The summed E-state index contributed by atoms with van der Waals surface area (Å²) in [5.74, 6) is 22.8. The zero-order chi connectivity index (χ0) is 55.9. The zero-order valence-corrected chi connectivity index (χ0v) is 55.5. The summed E-state index contributed by atoms with van der Waals surface area (Å²) in [4.78, 5) is 0. The van der Waals surface area contributed by atoms with E-state index in [4.69, 9.17) is 0 Å². The number of allylic oxidation sites excluding steroid dienone is 4. The summed E-state index contributed by atoms with van der Waals surface area (Å²) in [6.07, 6.45) is 94.8. The first kappa shape index (κ1) is 59.8. The van der Waals surface area contributed by atoms with Gasteiger partial charge in [-0.25, -0.2) is 0 Å². The van der Waals surface area contributed by atoms with Gasteiger partial charge in [0.2, 0.25) is 0 Å². The molecule has 0 bridgehead atoms. The van der Waals surface area contributed by atoms with Gasteiger partial charge in [-0.3, -0.25) is 0 Å². The zero-order valence-electron chi connectivity index (χ0n) is 55.5. The van der Waals surface area contributed by atoms with Crippen LogP contribution >= 0.6 is 0 Å². The van der Waals surface area contributed by atoms with E-state index in [0.717, 1.165) is 130 Å². The maximum atomic E-state index is 3.16. The van der Waals surface area contributed by atoms with Gasteiger partial charge in [-0.1, -0.05) is 177 Å². The Morgan fingerprint density at radius 1 is 0.202 bits per heavy atom. The Morgan fingerprint density at radius 3 is 0.702 bits per heavy atom. The molecule has 0 spiro atoms. The molecule has 0 aromatic rings. The second kappa shape index (κ2) is 27.4. The van der Waals surface area contributed by atoms with Crippen molar-refractivity contribution in [2.45, 2.75) is 360 Å². The van der Waals surface area contributed by atoms with Gasteiger partial charge in [0.15, 0.2) is 0 Å². The maximum absolute atomic E-state index is 3.16. The molecule has 84 heavy (non-hydrogen) atoms. The van der Waals surface area contributed by atoms with Gasteiger partial charge in [0.25, 0.3) is 0 Å². The van der Waals surface area contributed by atoms with Crippen LogP contribution in [0.2, 0.25) is 0 Å². The lowest BCUT2D eigenvalue weighted by molar-refractivity contribution is -0.0887. The topological polar surface area (TPSA) is 0 Å². The van der Waals surface area contributed by atoms with Gasteiger partial charge in [0, 0.05) is 0 Å². The number of hydrogen-bond acceptors (Lipinski definition) is 0. The predicted molar refractivity (Wildman–Crippen MR) is 356 cm³/mol. The molecule has 0 heteroatoms. The summed E-state index contributed by atoms with van der Waals surface area (Å²) in [5, 5.41) is 0. The summed E-state index contributed by atoms with van der Waals surface area (Å²) < 4.78 is 0. The average Bonchev–Trinajstić information content (AvgIpc) is 3.25. The highest BCUT2D eigenvalue weighted by Crippen LogP contribution is 2.76. The maximum Gasteiger partial charge on any atom is -0.0179 e. The SMILES string of the molecule is C(=C(C1CCCCC1)C1CCCCC1)C1CCC2C3CCC(C4CCC(C5CCC6C7CCC(C=C(C8CCCCC8)C8CCCCC8)CC7C(C7CCCCC7)(C7CCCCC7)C6C5)CC4)CC3C(C3CCCCC3)(C3CCCCC3)C2C1. The van der Waals surface area contributed by atoms with Crippen LogP contribution in [0, 0.1) is 141 Å². The van der Waals surface area contributed by atoms with Crippen molar-refractivity contribution in [1.29, 1.82) is 0 Å². The molecule has 12 atom stereocenters. The van der Waals surface area contributed by atoms with Crippen molar-refractivity contribution in [3.8, 4) is 0 Å². The standard InChI is InChI=1S/C84H136/c1-9-25-63(26-10-1)77(64-27-11-2-12-28-64)53-59-41-49-73-75-51-47-67(57-81(75)83(79(73)55-59,69-33-17-5-18-34-69)70-35-19-6-20-36-70)61-43-45-62(46-44-61)68-48-52-76-74-50-42-60(54-78(65-29-13-3-14-30-65)66-31-15-4-16-32-66)56-80(74)84(82(76)58-68,71-37-21-7-22-38-71)72-39-23-8-24-40-72/h53-54,59-76,79-82H,1-52,55-58H2. The molecule has 15 rings (SSSR count). The van der Waals surface area contributed by atoms with E-state index in [0.29, 0.717) is 10.8 Å². The molecule has 0 heterocycles. The normalized spacial score (nSPS) is 42.0. The number of rotatable bonds is 12. The van der Waals surface area contributed by atoms with E-state index >= 15 is 0 Å². The molecule has 0 nitrogen and oxygen atoms in total. The fraction of sp³-hybridized carbons (Fsp3) is 0.952. The van der Waals surface area contributed by atoms with Crippen LogP contribution < -0.4 is 0 Å². The average molecular weight is 1150 g/mol. The highest BCUT2D eigenvalue weighted by molar-refractivity contribution is 5.22. The molecule has 0 aromatic carbocycles.